The van der Waals surface area contributed by atoms with Crippen LogP contribution in [-0.2, 0) is 4.79 Å². The Morgan fingerprint density at radius 2 is 2.24 bits per heavy atom. The maximum Gasteiger partial charge on any atom is 0.217 e. The first-order chi connectivity index (χ1) is 9.99. The molecule has 5 nitrogen and oxygen atoms in total. The molecule has 2 rings (SSSR count). The minimum atomic E-state index is -0.541. The highest BCUT2D eigenvalue weighted by molar-refractivity contribution is 5.97. The number of benzene rings is 1. The fourth-order valence-electron chi connectivity index (χ4n) is 2.52. The van der Waals surface area contributed by atoms with Crippen molar-refractivity contribution in [3.05, 3.63) is 29.6 Å². The molecule has 1 aliphatic heterocycles. The monoisotopic (exact) mass is 294 g/mol. The van der Waals surface area contributed by atoms with Crippen LogP contribution >= 0.6 is 0 Å². The third kappa shape index (κ3) is 4.01. The summed E-state index contributed by atoms with van der Waals surface area (Å²) in [5.74, 6) is -0.621. The summed E-state index contributed by atoms with van der Waals surface area (Å²) < 4.78 is 18.4. The standard InChI is InChI=1S/C15H19FN2O3/c1-10(19)17-12-5-6-18(8-12)9-14(20)11-3-4-15(21-2)13(16)7-11/h3-4,7,12H,5-6,8-9H2,1-2H3,(H,17,19). The maximum atomic E-state index is 13.6. The van der Waals surface area contributed by atoms with E-state index in [9.17, 15) is 14.0 Å². The molecule has 1 unspecified atom stereocenters. The summed E-state index contributed by atoms with van der Waals surface area (Å²) in [6.45, 7) is 3.09. The lowest BCUT2D eigenvalue weighted by molar-refractivity contribution is -0.119. The second-order valence-corrected chi connectivity index (χ2v) is 5.19. The lowest BCUT2D eigenvalue weighted by Crippen LogP contribution is -2.36. The SMILES string of the molecule is COc1ccc(C(=O)CN2CCC(NC(C)=O)C2)cc1F. The van der Waals surface area contributed by atoms with Crippen molar-refractivity contribution in [3.63, 3.8) is 0 Å². The second-order valence-electron chi connectivity index (χ2n) is 5.19. The molecule has 0 spiro atoms. The molecule has 1 atom stereocenters. The Balaban J connectivity index is 1.93. The van der Waals surface area contributed by atoms with Crippen LogP contribution in [0.3, 0.4) is 0 Å². The Hall–Kier alpha value is -1.95. The number of hydrogen-bond acceptors (Lipinski definition) is 4. The first kappa shape index (κ1) is 15.4. The molecule has 0 radical (unpaired) electrons. The van der Waals surface area contributed by atoms with Crippen LogP contribution in [0.15, 0.2) is 18.2 Å². The third-order valence-corrected chi connectivity index (χ3v) is 3.52. The summed E-state index contributed by atoms with van der Waals surface area (Å²) in [5, 5.41) is 2.84. The van der Waals surface area contributed by atoms with Crippen LogP contribution in [0.4, 0.5) is 4.39 Å². The van der Waals surface area contributed by atoms with E-state index >= 15 is 0 Å². The molecule has 1 aromatic rings. The Kier molecular flexibility index (Phi) is 4.90. The molecular formula is C15H19FN2O3. The number of ketones is 1. The number of ether oxygens (including phenoxy) is 1. The minimum absolute atomic E-state index is 0.0644. The number of hydrogen-bond donors (Lipinski definition) is 1. The van der Waals surface area contributed by atoms with Crippen LogP contribution in [-0.4, -0.2) is 49.4 Å². The van der Waals surface area contributed by atoms with Gasteiger partial charge in [0.15, 0.2) is 17.3 Å². The summed E-state index contributed by atoms with van der Waals surface area (Å²) >= 11 is 0. The number of amides is 1. The van der Waals surface area contributed by atoms with Crippen LogP contribution in [0.1, 0.15) is 23.7 Å². The van der Waals surface area contributed by atoms with Crippen molar-refractivity contribution >= 4 is 11.7 Å². The van der Waals surface area contributed by atoms with Crippen LogP contribution in [0, 0.1) is 5.82 Å². The van der Waals surface area contributed by atoms with Gasteiger partial charge in [-0.15, -0.1) is 0 Å². The number of carbonyl (C=O) groups is 2. The first-order valence-corrected chi connectivity index (χ1v) is 6.86. The van der Waals surface area contributed by atoms with Crippen LogP contribution in [0.25, 0.3) is 0 Å². The largest absolute Gasteiger partial charge is 0.494 e. The van der Waals surface area contributed by atoms with Gasteiger partial charge in [0, 0.05) is 31.6 Å². The Bertz CT molecular complexity index is 548. The maximum absolute atomic E-state index is 13.6. The molecule has 21 heavy (non-hydrogen) atoms. The topological polar surface area (TPSA) is 58.6 Å². The Morgan fingerprint density at radius 1 is 1.48 bits per heavy atom. The molecule has 1 N–H and O–H groups in total. The predicted molar refractivity (Wildman–Crippen MR) is 75.9 cm³/mol. The number of nitrogens with zero attached hydrogens (tertiary/aromatic N) is 1. The molecule has 0 bridgehead atoms. The van der Waals surface area contributed by atoms with Crippen molar-refractivity contribution in [3.8, 4) is 5.75 Å². The molecule has 1 aliphatic rings. The van der Waals surface area contributed by atoms with E-state index in [-0.39, 0.29) is 30.0 Å². The first-order valence-electron chi connectivity index (χ1n) is 6.86. The number of halogens is 1. The average Bonchev–Trinajstić information content (AvgIpc) is 2.84. The van der Waals surface area contributed by atoms with Gasteiger partial charge in [0.1, 0.15) is 0 Å². The van der Waals surface area contributed by atoms with Crippen LogP contribution in [0.2, 0.25) is 0 Å². The van der Waals surface area contributed by atoms with Gasteiger partial charge >= 0.3 is 0 Å². The molecular weight excluding hydrogens is 275 g/mol. The highest BCUT2D eigenvalue weighted by atomic mass is 19.1. The fraction of sp³-hybridized carbons (Fsp3) is 0.467. The number of nitrogens with one attached hydrogen (secondary N) is 1. The molecule has 1 aromatic carbocycles. The van der Waals surface area contributed by atoms with Crippen molar-refractivity contribution in [2.75, 3.05) is 26.7 Å². The number of rotatable bonds is 5. The van der Waals surface area contributed by atoms with Crippen molar-refractivity contribution < 1.29 is 18.7 Å². The van der Waals surface area contributed by atoms with Crippen LogP contribution in [0.5, 0.6) is 5.75 Å². The van der Waals surface area contributed by atoms with E-state index in [1.165, 1.54) is 26.2 Å². The highest BCUT2D eigenvalue weighted by Crippen LogP contribution is 2.18. The summed E-state index contributed by atoms with van der Waals surface area (Å²) in [6.07, 6.45) is 0.823. The zero-order valence-electron chi connectivity index (χ0n) is 12.2. The van der Waals surface area contributed by atoms with Gasteiger partial charge in [-0.3, -0.25) is 14.5 Å². The fourth-order valence-corrected chi connectivity index (χ4v) is 2.52. The van der Waals surface area contributed by atoms with Gasteiger partial charge in [0.05, 0.1) is 13.7 Å². The zero-order valence-corrected chi connectivity index (χ0v) is 12.2. The molecule has 0 aromatic heterocycles. The Morgan fingerprint density at radius 3 is 2.86 bits per heavy atom. The van der Waals surface area contributed by atoms with Crippen molar-refractivity contribution in [2.24, 2.45) is 0 Å². The van der Waals surface area contributed by atoms with E-state index in [0.29, 0.717) is 12.1 Å². The van der Waals surface area contributed by atoms with E-state index in [1.54, 1.807) is 6.07 Å². The summed E-state index contributed by atoms with van der Waals surface area (Å²) in [6, 6.07) is 4.30. The third-order valence-electron chi connectivity index (χ3n) is 3.52. The number of Topliss-reactive ketones (excluding diaryl/α,β-unsaturated/α-hetero) is 1. The van der Waals surface area contributed by atoms with Crippen LogP contribution < -0.4 is 10.1 Å². The minimum Gasteiger partial charge on any atom is -0.494 e. The van der Waals surface area contributed by atoms with Crippen molar-refractivity contribution in [1.82, 2.24) is 10.2 Å². The van der Waals surface area contributed by atoms with Crippen molar-refractivity contribution in [1.29, 1.82) is 0 Å². The van der Waals surface area contributed by atoms with Gasteiger partial charge in [-0.1, -0.05) is 0 Å². The molecule has 1 fully saturated rings. The number of carbonyl (C=O) groups excluding carboxylic acids is 2. The molecule has 1 saturated heterocycles. The molecule has 1 amide bonds. The van der Waals surface area contributed by atoms with Gasteiger partial charge < -0.3 is 10.1 Å². The Labute approximate surface area is 123 Å². The smallest absolute Gasteiger partial charge is 0.217 e. The highest BCUT2D eigenvalue weighted by Gasteiger charge is 2.25. The molecule has 6 heteroatoms. The number of methoxy groups -OCH3 is 1. The molecule has 114 valence electrons. The normalized spacial score (nSPS) is 18.5. The lowest BCUT2D eigenvalue weighted by atomic mass is 10.1. The van der Waals surface area contributed by atoms with Crippen molar-refractivity contribution in [2.45, 2.75) is 19.4 Å². The van der Waals surface area contributed by atoms with Gasteiger partial charge in [0.2, 0.25) is 5.91 Å². The zero-order chi connectivity index (χ0) is 15.4. The second kappa shape index (κ2) is 6.67. The predicted octanol–water partition coefficient (Wildman–Crippen LogP) is 1.23. The summed E-state index contributed by atoms with van der Waals surface area (Å²) in [4.78, 5) is 25.1. The molecule has 0 saturated carbocycles. The van der Waals surface area contributed by atoms with E-state index in [0.717, 1.165) is 13.0 Å². The van der Waals surface area contributed by atoms with Gasteiger partial charge in [-0.25, -0.2) is 4.39 Å². The van der Waals surface area contributed by atoms with E-state index in [4.69, 9.17) is 4.74 Å². The molecule has 0 aliphatic carbocycles. The van der Waals surface area contributed by atoms with E-state index in [2.05, 4.69) is 5.32 Å². The van der Waals surface area contributed by atoms with Gasteiger partial charge in [-0.05, 0) is 24.6 Å². The van der Waals surface area contributed by atoms with Gasteiger partial charge in [-0.2, -0.15) is 0 Å². The summed E-state index contributed by atoms with van der Waals surface area (Å²) in [5.41, 5.74) is 0.330. The quantitative estimate of drug-likeness (QED) is 0.830. The van der Waals surface area contributed by atoms with E-state index < -0.39 is 5.82 Å². The average molecular weight is 294 g/mol. The van der Waals surface area contributed by atoms with E-state index in [1.807, 2.05) is 4.90 Å². The van der Waals surface area contributed by atoms with Gasteiger partial charge in [0.25, 0.3) is 0 Å². The summed E-state index contributed by atoms with van der Waals surface area (Å²) in [7, 11) is 1.38. The molecule has 1 heterocycles. The number of likely N-dealkylation sites (tertiary alicyclic amines) is 1. The lowest BCUT2D eigenvalue weighted by Gasteiger charge is -2.15.